The molecular formula is C25H23FN6O2. The third-order valence-electron chi connectivity index (χ3n) is 5.99. The highest BCUT2D eigenvalue weighted by Gasteiger charge is 2.21. The van der Waals surface area contributed by atoms with E-state index in [-0.39, 0.29) is 13.4 Å². The van der Waals surface area contributed by atoms with E-state index in [0.29, 0.717) is 28.9 Å². The van der Waals surface area contributed by atoms with Crippen LogP contribution >= 0.6 is 0 Å². The number of anilines is 2. The maximum Gasteiger partial charge on any atom is 0.306 e. The topological polar surface area (TPSA) is 110 Å². The lowest BCUT2D eigenvalue weighted by Gasteiger charge is -2.14. The van der Waals surface area contributed by atoms with Crippen LogP contribution in [0.5, 0.6) is 0 Å². The summed E-state index contributed by atoms with van der Waals surface area (Å²) in [5.41, 5.74) is 4.33. The number of para-hydroxylation sites is 1. The number of halogens is 1. The first-order valence-electron chi connectivity index (χ1n) is 10.6. The number of aryl methyl sites for hydroxylation is 3. The van der Waals surface area contributed by atoms with Crippen molar-refractivity contribution in [3.8, 4) is 17.3 Å². The van der Waals surface area contributed by atoms with Crippen molar-refractivity contribution in [2.75, 3.05) is 5.32 Å². The highest BCUT2D eigenvalue weighted by atomic mass is 19.1. The lowest BCUT2D eigenvalue weighted by molar-refractivity contribution is -0.387. The number of nitrogens with zero attached hydrogens (tertiary/aromatic N) is 5. The Balaban J connectivity index is 0.00000274. The van der Waals surface area contributed by atoms with Gasteiger partial charge in [0.25, 0.3) is 0 Å². The normalized spacial score (nSPS) is 12.1. The van der Waals surface area contributed by atoms with Gasteiger partial charge in [-0.1, -0.05) is 32.5 Å². The van der Waals surface area contributed by atoms with Crippen molar-refractivity contribution < 1.29 is 9.31 Å². The number of nitriles is 1. The van der Waals surface area contributed by atoms with Gasteiger partial charge in [-0.3, -0.25) is 10.1 Å². The van der Waals surface area contributed by atoms with Crippen LogP contribution < -0.4 is 5.32 Å². The van der Waals surface area contributed by atoms with Crippen molar-refractivity contribution in [1.29, 1.82) is 5.26 Å². The standard InChI is InChI=1S/C24H19FN6O2.CH4/c1-2-14-9-19(25)21(31(32)33)10-20(14)28-24-27-12-16(11-26)22(29-24)18-13-30-8-4-6-15-5-3-7-17(18)23(15)30;/h3,5,7,9-10,12-13H,2,4,6,8H2,1H3,(H,27,28,29);1H4. The molecule has 172 valence electrons. The third kappa shape index (κ3) is 3.73. The molecule has 3 heterocycles. The number of nitrogens with one attached hydrogen (secondary N) is 1. The summed E-state index contributed by atoms with van der Waals surface area (Å²) >= 11 is 0. The average Bonchev–Trinajstić information content (AvgIpc) is 3.20. The van der Waals surface area contributed by atoms with Gasteiger partial charge >= 0.3 is 5.69 Å². The summed E-state index contributed by atoms with van der Waals surface area (Å²) in [4.78, 5) is 19.3. The van der Waals surface area contributed by atoms with Crippen molar-refractivity contribution >= 4 is 28.2 Å². The van der Waals surface area contributed by atoms with Crippen molar-refractivity contribution in [3.05, 3.63) is 75.3 Å². The summed E-state index contributed by atoms with van der Waals surface area (Å²) in [5, 5.41) is 24.9. The van der Waals surface area contributed by atoms with E-state index < -0.39 is 16.4 Å². The number of rotatable bonds is 5. The second-order valence-electron chi connectivity index (χ2n) is 7.92. The Morgan fingerprint density at radius 3 is 2.91 bits per heavy atom. The zero-order valence-electron chi connectivity index (χ0n) is 17.8. The van der Waals surface area contributed by atoms with E-state index in [9.17, 15) is 19.8 Å². The minimum Gasteiger partial charge on any atom is -0.347 e. The van der Waals surface area contributed by atoms with Gasteiger partial charge < -0.3 is 9.88 Å². The van der Waals surface area contributed by atoms with Crippen LogP contribution in [0.1, 0.15) is 37.5 Å². The first-order chi connectivity index (χ1) is 16.0. The predicted molar refractivity (Wildman–Crippen MR) is 128 cm³/mol. The van der Waals surface area contributed by atoms with Crippen LogP contribution in [0.15, 0.2) is 42.7 Å². The monoisotopic (exact) mass is 458 g/mol. The second-order valence-corrected chi connectivity index (χ2v) is 7.92. The summed E-state index contributed by atoms with van der Waals surface area (Å²) < 4.78 is 16.3. The molecule has 0 amide bonds. The summed E-state index contributed by atoms with van der Waals surface area (Å²) in [6.07, 6.45) is 5.95. The van der Waals surface area contributed by atoms with Gasteiger partial charge in [0.05, 0.1) is 33.6 Å². The van der Waals surface area contributed by atoms with Gasteiger partial charge in [0.2, 0.25) is 11.8 Å². The summed E-state index contributed by atoms with van der Waals surface area (Å²) in [5.74, 6) is -0.718. The van der Waals surface area contributed by atoms with E-state index in [0.717, 1.165) is 48.0 Å². The summed E-state index contributed by atoms with van der Waals surface area (Å²) in [6, 6.07) is 10.6. The molecule has 0 unspecified atom stereocenters. The molecule has 0 aliphatic carbocycles. The molecule has 1 aliphatic heterocycles. The maximum absolute atomic E-state index is 14.1. The minimum atomic E-state index is -0.891. The first kappa shape index (κ1) is 22.9. The fourth-order valence-electron chi connectivity index (χ4n) is 4.45. The van der Waals surface area contributed by atoms with Crippen LogP contribution in [0, 0.1) is 27.3 Å². The Bertz CT molecular complexity index is 1470. The van der Waals surface area contributed by atoms with Gasteiger partial charge in [-0.15, -0.1) is 0 Å². The fourth-order valence-corrected chi connectivity index (χ4v) is 4.45. The molecule has 2 aromatic heterocycles. The van der Waals surface area contributed by atoms with Gasteiger partial charge in [-0.2, -0.15) is 9.65 Å². The Hall–Kier alpha value is -4.32. The van der Waals surface area contributed by atoms with Gasteiger partial charge in [0.1, 0.15) is 6.07 Å². The zero-order valence-corrected chi connectivity index (χ0v) is 17.8. The number of hydrogen-bond acceptors (Lipinski definition) is 6. The van der Waals surface area contributed by atoms with E-state index >= 15 is 0 Å². The van der Waals surface area contributed by atoms with Crippen LogP contribution in [0.4, 0.5) is 21.7 Å². The maximum atomic E-state index is 14.1. The van der Waals surface area contributed by atoms with E-state index in [2.05, 4.69) is 32.0 Å². The molecule has 0 bridgehead atoms. The van der Waals surface area contributed by atoms with Gasteiger partial charge in [-0.25, -0.2) is 9.97 Å². The largest absolute Gasteiger partial charge is 0.347 e. The molecular weight excluding hydrogens is 435 g/mol. The molecule has 0 fully saturated rings. The second kappa shape index (κ2) is 8.90. The molecule has 9 heteroatoms. The van der Waals surface area contributed by atoms with E-state index in [1.807, 2.05) is 25.3 Å². The van der Waals surface area contributed by atoms with Crippen LogP contribution in [-0.4, -0.2) is 19.5 Å². The average molecular weight is 458 g/mol. The minimum absolute atomic E-state index is 0. The lowest BCUT2D eigenvalue weighted by atomic mass is 10.0. The van der Waals surface area contributed by atoms with E-state index in [4.69, 9.17) is 0 Å². The first-order valence-corrected chi connectivity index (χ1v) is 10.6. The number of nitro benzene ring substituents is 1. The van der Waals surface area contributed by atoms with Gasteiger partial charge in [0.15, 0.2) is 0 Å². The molecule has 0 saturated heterocycles. The Morgan fingerprint density at radius 2 is 2.18 bits per heavy atom. The molecule has 1 N–H and O–H groups in total. The molecule has 8 nitrogen and oxygen atoms in total. The van der Waals surface area contributed by atoms with Crippen LogP contribution in [-0.2, 0) is 19.4 Å². The SMILES string of the molecule is C.CCc1cc(F)c([N+](=O)[O-])cc1Nc1ncc(C#N)c(-c2cn3c4c(cccc24)CCC3)n1. The van der Waals surface area contributed by atoms with Crippen molar-refractivity contribution in [2.45, 2.75) is 40.2 Å². The zero-order chi connectivity index (χ0) is 23.1. The third-order valence-corrected chi connectivity index (χ3v) is 5.99. The molecule has 0 atom stereocenters. The predicted octanol–water partition coefficient (Wildman–Crippen LogP) is 5.91. The molecule has 0 radical (unpaired) electrons. The summed E-state index contributed by atoms with van der Waals surface area (Å²) in [7, 11) is 0. The molecule has 2 aromatic carbocycles. The number of hydrogen-bond donors (Lipinski definition) is 1. The van der Waals surface area contributed by atoms with E-state index in [1.165, 1.54) is 11.8 Å². The van der Waals surface area contributed by atoms with Crippen LogP contribution in [0.3, 0.4) is 0 Å². The van der Waals surface area contributed by atoms with Crippen molar-refractivity contribution in [2.24, 2.45) is 0 Å². The molecule has 1 aliphatic rings. The van der Waals surface area contributed by atoms with Crippen LogP contribution in [0.25, 0.3) is 22.2 Å². The fraction of sp³-hybridized carbons (Fsp3) is 0.240. The highest BCUT2D eigenvalue weighted by Crippen LogP contribution is 2.36. The number of aromatic nitrogens is 3. The Morgan fingerprint density at radius 1 is 1.35 bits per heavy atom. The quantitative estimate of drug-likeness (QED) is 0.294. The lowest BCUT2D eigenvalue weighted by Crippen LogP contribution is -2.05. The highest BCUT2D eigenvalue weighted by molar-refractivity contribution is 5.98. The van der Waals surface area contributed by atoms with Crippen molar-refractivity contribution in [1.82, 2.24) is 14.5 Å². The molecule has 0 spiro atoms. The smallest absolute Gasteiger partial charge is 0.306 e. The molecule has 5 rings (SSSR count). The van der Waals surface area contributed by atoms with Gasteiger partial charge in [0, 0.05) is 29.8 Å². The molecule has 4 aromatic rings. The van der Waals surface area contributed by atoms with Crippen molar-refractivity contribution in [3.63, 3.8) is 0 Å². The Labute approximate surface area is 195 Å². The summed E-state index contributed by atoms with van der Waals surface area (Å²) in [6.45, 7) is 2.72. The van der Waals surface area contributed by atoms with E-state index in [1.54, 1.807) is 0 Å². The number of nitro groups is 1. The molecule has 0 saturated carbocycles. The number of benzene rings is 2. The van der Waals surface area contributed by atoms with Gasteiger partial charge in [-0.05, 0) is 36.5 Å². The van der Waals surface area contributed by atoms with Crippen LogP contribution in [0.2, 0.25) is 0 Å². The molecule has 34 heavy (non-hydrogen) atoms. The Kier molecular flexibility index (Phi) is 5.99.